The van der Waals surface area contributed by atoms with E-state index in [4.69, 9.17) is 0 Å². The van der Waals surface area contributed by atoms with Crippen LogP contribution in [0.5, 0.6) is 0 Å². The number of thiophene rings is 1. The van der Waals surface area contributed by atoms with E-state index >= 15 is 0 Å². The predicted octanol–water partition coefficient (Wildman–Crippen LogP) is 2.55. The van der Waals surface area contributed by atoms with Crippen LogP contribution in [0.4, 0.5) is 0 Å². The number of hydrogen-bond acceptors (Lipinski definition) is 4. The van der Waals surface area contributed by atoms with E-state index in [9.17, 15) is 13.2 Å². The van der Waals surface area contributed by atoms with Crippen LogP contribution in [-0.2, 0) is 10.0 Å². The first-order chi connectivity index (χ1) is 9.53. The Balaban J connectivity index is 2.16. The first-order valence-electron chi connectivity index (χ1n) is 5.81. The fraction of sp³-hybridized carbons (Fsp3) is 0.0714. The van der Waals surface area contributed by atoms with Gasteiger partial charge in [0.1, 0.15) is 0 Å². The quantitative estimate of drug-likeness (QED) is 0.682. The van der Waals surface area contributed by atoms with E-state index in [1.54, 1.807) is 17.4 Å². The van der Waals surface area contributed by atoms with Crippen molar-refractivity contribution >= 4 is 33.2 Å². The molecule has 1 heterocycles. The van der Waals surface area contributed by atoms with E-state index in [1.165, 1.54) is 37.4 Å². The molecule has 2 aromatic rings. The number of hydrogen-bond donors (Lipinski definition) is 1. The molecule has 0 aliphatic rings. The number of carbonyl (C=O) groups excluding carboxylic acids is 1. The van der Waals surface area contributed by atoms with Crippen molar-refractivity contribution in [2.24, 2.45) is 0 Å². The Hall–Kier alpha value is -1.76. The maximum absolute atomic E-state index is 11.9. The van der Waals surface area contributed by atoms with Gasteiger partial charge in [-0.25, -0.2) is 13.1 Å². The highest BCUT2D eigenvalue weighted by Gasteiger charge is 2.11. The molecule has 6 heteroatoms. The second-order valence-corrected chi connectivity index (χ2v) is 6.65. The molecule has 0 unspecified atom stereocenters. The topological polar surface area (TPSA) is 63.2 Å². The van der Waals surface area contributed by atoms with Crippen molar-refractivity contribution < 1.29 is 13.2 Å². The lowest BCUT2D eigenvalue weighted by molar-refractivity contribution is 0.104. The first kappa shape index (κ1) is 14.6. The third kappa shape index (κ3) is 3.41. The van der Waals surface area contributed by atoms with Crippen molar-refractivity contribution in [1.82, 2.24) is 4.72 Å². The van der Waals surface area contributed by atoms with E-state index in [-0.39, 0.29) is 10.7 Å². The third-order valence-electron chi connectivity index (χ3n) is 2.69. The number of rotatable bonds is 5. The molecule has 0 bridgehead atoms. The molecular weight excluding hydrogens is 294 g/mol. The van der Waals surface area contributed by atoms with Gasteiger partial charge in [0, 0.05) is 5.56 Å². The summed E-state index contributed by atoms with van der Waals surface area (Å²) in [5.41, 5.74) is 1.42. The van der Waals surface area contributed by atoms with Gasteiger partial charge in [-0.1, -0.05) is 6.08 Å². The summed E-state index contributed by atoms with van der Waals surface area (Å²) in [6.07, 6.45) is 3.21. The van der Waals surface area contributed by atoms with Gasteiger partial charge in [0.2, 0.25) is 10.0 Å². The molecule has 0 amide bonds. The average Bonchev–Trinajstić information content (AvgIpc) is 2.98. The number of ketones is 1. The molecule has 104 valence electrons. The SMILES string of the molecule is CNS(=O)(=O)c1ccc(C(=O)/C=C/c2ccsc2)cc1. The van der Waals surface area contributed by atoms with Crippen LogP contribution < -0.4 is 4.72 Å². The maximum atomic E-state index is 11.9. The minimum absolute atomic E-state index is 0.137. The van der Waals surface area contributed by atoms with Gasteiger partial charge in [0.25, 0.3) is 0 Å². The molecule has 0 saturated carbocycles. The summed E-state index contributed by atoms with van der Waals surface area (Å²) >= 11 is 1.56. The lowest BCUT2D eigenvalue weighted by atomic mass is 10.1. The Morgan fingerprint density at radius 1 is 1.20 bits per heavy atom. The van der Waals surface area contributed by atoms with Crippen molar-refractivity contribution in [3.05, 3.63) is 58.3 Å². The van der Waals surface area contributed by atoms with Crippen molar-refractivity contribution in [2.75, 3.05) is 7.05 Å². The molecule has 4 nitrogen and oxygen atoms in total. The van der Waals surface area contributed by atoms with Crippen LogP contribution >= 0.6 is 11.3 Å². The molecule has 0 fully saturated rings. The van der Waals surface area contributed by atoms with Crippen molar-refractivity contribution in [2.45, 2.75) is 4.90 Å². The van der Waals surface area contributed by atoms with Gasteiger partial charge in [-0.05, 0) is 59.8 Å². The monoisotopic (exact) mass is 307 g/mol. The summed E-state index contributed by atoms with van der Waals surface area (Å²) in [5, 5.41) is 3.87. The number of sulfonamides is 1. The van der Waals surface area contributed by atoms with Crippen molar-refractivity contribution in [3.63, 3.8) is 0 Å². The second kappa shape index (κ2) is 6.13. The van der Waals surface area contributed by atoms with Gasteiger partial charge in [0.15, 0.2) is 5.78 Å². The van der Waals surface area contributed by atoms with Crippen molar-refractivity contribution in [3.8, 4) is 0 Å². The first-order valence-corrected chi connectivity index (χ1v) is 8.24. The summed E-state index contributed by atoms with van der Waals surface area (Å²) in [6, 6.07) is 7.75. The predicted molar refractivity (Wildman–Crippen MR) is 80.4 cm³/mol. The fourth-order valence-corrected chi connectivity index (χ4v) is 2.91. The highest BCUT2D eigenvalue weighted by Crippen LogP contribution is 2.12. The number of nitrogens with one attached hydrogen (secondary N) is 1. The highest BCUT2D eigenvalue weighted by atomic mass is 32.2. The number of benzene rings is 1. The Kier molecular flexibility index (Phi) is 4.49. The van der Waals surface area contributed by atoms with Crippen LogP contribution in [0.1, 0.15) is 15.9 Å². The summed E-state index contributed by atoms with van der Waals surface area (Å²) in [5.74, 6) is -0.162. The average molecular weight is 307 g/mol. The van der Waals surface area contributed by atoms with Gasteiger partial charge in [-0.15, -0.1) is 0 Å². The molecule has 1 aromatic heterocycles. The minimum Gasteiger partial charge on any atom is -0.289 e. The van der Waals surface area contributed by atoms with E-state index in [2.05, 4.69) is 4.72 Å². The molecule has 0 aliphatic heterocycles. The van der Waals surface area contributed by atoms with Crippen LogP contribution in [0.3, 0.4) is 0 Å². The molecule has 0 radical (unpaired) electrons. The van der Waals surface area contributed by atoms with E-state index in [1.807, 2.05) is 16.8 Å². The van der Waals surface area contributed by atoms with Crippen molar-refractivity contribution in [1.29, 1.82) is 0 Å². The van der Waals surface area contributed by atoms with Gasteiger partial charge in [-0.2, -0.15) is 11.3 Å². The van der Waals surface area contributed by atoms with Crippen LogP contribution in [0, 0.1) is 0 Å². The molecule has 1 aromatic carbocycles. The molecule has 0 saturated heterocycles. The Labute approximate surface area is 121 Å². The number of carbonyl (C=O) groups is 1. The molecule has 20 heavy (non-hydrogen) atoms. The molecule has 0 spiro atoms. The zero-order chi connectivity index (χ0) is 14.6. The summed E-state index contributed by atoms with van der Waals surface area (Å²) < 4.78 is 25.3. The smallest absolute Gasteiger partial charge is 0.240 e. The molecule has 2 rings (SSSR count). The lowest BCUT2D eigenvalue weighted by Crippen LogP contribution is -2.18. The molecule has 1 N–H and O–H groups in total. The minimum atomic E-state index is -3.47. The van der Waals surface area contributed by atoms with Gasteiger partial charge in [0.05, 0.1) is 4.90 Å². The Morgan fingerprint density at radius 3 is 2.45 bits per heavy atom. The van der Waals surface area contributed by atoms with E-state index in [0.29, 0.717) is 5.56 Å². The molecule has 0 aliphatic carbocycles. The summed E-state index contributed by atoms with van der Waals surface area (Å²) in [6.45, 7) is 0. The normalized spacial score (nSPS) is 11.8. The molecular formula is C14H13NO3S2. The second-order valence-electron chi connectivity index (χ2n) is 3.99. The number of allylic oxidation sites excluding steroid dienone is 1. The van der Waals surface area contributed by atoms with E-state index < -0.39 is 10.0 Å². The summed E-state index contributed by atoms with van der Waals surface area (Å²) in [4.78, 5) is 12.1. The Bertz CT molecular complexity index is 714. The maximum Gasteiger partial charge on any atom is 0.240 e. The van der Waals surface area contributed by atoms with Crippen LogP contribution in [0.2, 0.25) is 0 Å². The fourth-order valence-electron chi connectivity index (χ4n) is 1.55. The van der Waals surface area contributed by atoms with Gasteiger partial charge in [-0.3, -0.25) is 4.79 Å². The van der Waals surface area contributed by atoms with E-state index in [0.717, 1.165) is 5.56 Å². The lowest BCUT2D eigenvalue weighted by Gasteiger charge is -2.02. The Morgan fingerprint density at radius 2 is 1.90 bits per heavy atom. The standard InChI is InChI=1S/C14H13NO3S2/c1-15-20(17,18)13-5-3-12(4-6-13)14(16)7-2-11-8-9-19-10-11/h2-10,15H,1H3/b7-2+. The molecule has 0 atom stereocenters. The third-order valence-corrected chi connectivity index (χ3v) is 4.82. The zero-order valence-corrected chi connectivity index (χ0v) is 12.4. The van der Waals surface area contributed by atoms with Gasteiger partial charge < -0.3 is 0 Å². The van der Waals surface area contributed by atoms with Crippen LogP contribution in [0.25, 0.3) is 6.08 Å². The zero-order valence-electron chi connectivity index (χ0n) is 10.7. The van der Waals surface area contributed by atoms with Crippen LogP contribution in [0.15, 0.2) is 52.1 Å². The largest absolute Gasteiger partial charge is 0.289 e. The summed E-state index contributed by atoms with van der Waals surface area (Å²) in [7, 11) is -2.12. The highest BCUT2D eigenvalue weighted by molar-refractivity contribution is 7.89. The van der Waals surface area contributed by atoms with Crippen LogP contribution in [-0.4, -0.2) is 21.2 Å². The van der Waals surface area contributed by atoms with Gasteiger partial charge >= 0.3 is 0 Å².